The van der Waals surface area contributed by atoms with Gasteiger partial charge in [0.15, 0.2) is 0 Å². The summed E-state index contributed by atoms with van der Waals surface area (Å²) in [6.45, 7) is 4.94. The van der Waals surface area contributed by atoms with E-state index >= 15 is 0 Å². The van der Waals surface area contributed by atoms with Crippen LogP contribution in [0.3, 0.4) is 0 Å². The minimum Gasteiger partial charge on any atom is -0.381 e. The van der Waals surface area contributed by atoms with Gasteiger partial charge < -0.3 is 15.2 Å². The Hall–Kier alpha value is -0.120. The van der Waals surface area contributed by atoms with Crippen LogP contribution in [-0.2, 0) is 9.47 Å². The van der Waals surface area contributed by atoms with Gasteiger partial charge in [0.05, 0.1) is 18.8 Å². The third kappa shape index (κ3) is 4.04. The summed E-state index contributed by atoms with van der Waals surface area (Å²) < 4.78 is 11.4. The number of hydrogen-bond acceptors (Lipinski definition) is 3. The van der Waals surface area contributed by atoms with Crippen LogP contribution in [0.5, 0.6) is 0 Å². The maximum atomic E-state index is 6.22. The molecule has 2 atom stereocenters. The Labute approximate surface area is 99.7 Å². The lowest BCUT2D eigenvalue weighted by Gasteiger charge is -2.32. The van der Waals surface area contributed by atoms with E-state index in [4.69, 9.17) is 15.2 Å². The Kier molecular flexibility index (Phi) is 5.73. The first-order valence-corrected chi connectivity index (χ1v) is 6.56. The molecule has 0 heterocycles. The quantitative estimate of drug-likeness (QED) is 0.761. The van der Waals surface area contributed by atoms with Crippen LogP contribution >= 0.6 is 0 Å². The zero-order valence-corrected chi connectivity index (χ0v) is 11.0. The van der Waals surface area contributed by atoms with Crippen molar-refractivity contribution in [2.45, 2.75) is 70.1 Å². The second-order valence-corrected chi connectivity index (χ2v) is 5.03. The fourth-order valence-electron chi connectivity index (χ4n) is 2.21. The van der Waals surface area contributed by atoms with E-state index in [1.165, 1.54) is 12.8 Å². The minimum absolute atomic E-state index is 0.139. The normalized spacial score (nSPS) is 27.0. The molecule has 0 radical (unpaired) electrons. The molecule has 16 heavy (non-hydrogen) atoms. The lowest BCUT2D eigenvalue weighted by Crippen LogP contribution is -2.45. The molecule has 0 spiro atoms. The van der Waals surface area contributed by atoms with E-state index in [-0.39, 0.29) is 5.54 Å². The van der Waals surface area contributed by atoms with E-state index in [1.54, 1.807) is 7.11 Å². The highest BCUT2D eigenvalue weighted by molar-refractivity contribution is 4.82. The first-order chi connectivity index (χ1) is 7.63. The first-order valence-electron chi connectivity index (χ1n) is 6.56. The van der Waals surface area contributed by atoms with E-state index in [1.807, 2.05) is 0 Å². The Morgan fingerprint density at radius 1 is 1.19 bits per heavy atom. The Morgan fingerprint density at radius 2 is 1.81 bits per heavy atom. The van der Waals surface area contributed by atoms with Gasteiger partial charge in [-0.3, -0.25) is 0 Å². The minimum atomic E-state index is -0.139. The van der Waals surface area contributed by atoms with Crippen LogP contribution in [0.1, 0.15) is 52.4 Å². The standard InChI is InChI=1S/C13H27NO2/c1-4-13(14,5-2)10-16-12-8-6-7-11(9-12)15-3/h11-12H,4-10,14H2,1-3H3. The number of hydrogen-bond donors (Lipinski definition) is 1. The fourth-order valence-corrected chi connectivity index (χ4v) is 2.21. The van der Waals surface area contributed by atoms with Crippen LogP contribution in [0.15, 0.2) is 0 Å². The molecule has 0 amide bonds. The molecule has 2 N–H and O–H groups in total. The summed E-state index contributed by atoms with van der Waals surface area (Å²) in [4.78, 5) is 0. The summed E-state index contributed by atoms with van der Waals surface area (Å²) in [7, 11) is 1.79. The number of ether oxygens (including phenoxy) is 2. The van der Waals surface area contributed by atoms with Crippen molar-refractivity contribution in [3.8, 4) is 0 Å². The molecule has 0 saturated heterocycles. The zero-order chi connectivity index (χ0) is 12.0. The largest absolute Gasteiger partial charge is 0.381 e. The maximum absolute atomic E-state index is 6.22. The van der Waals surface area contributed by atoms with E-state index in [2.05, 4.69) is 13.8 Å². The molecule has 0 aromatic carbocycles. The molecular weight excluding hydrogens is 202 g/mol. The molecule has 0 aliphatic heterocycles. The van der Waals surface area contributed by atoms with E-state index in [0.717, 1.165) is 25.7 Å². The molecule has 2 unspecified atom stereocenters. The summed E-state index contributed by atoms with van der Waals surface area (Å²) >= 11 is 0. The first kappa shape index (κ1) is 13.9. The smallest absolute Gasteiger partial charge is 0.0649 e. The zero-order valence-electron chi connectivity index (χ0n) is 11.0. The second kappa shape index (κ2) is 6.58. The third-order valence-corrected chi connectivity index (χ3v) is 3.93. The van der Waals surface area contributed by atoms with Crippen molar-refractivity contribution in [1.29, 1.82) is 0 Å². The topological polar surface area (TPSA) is 44.5 Å². The van der Waals surface area contributed by atoms with Gasteiger partial charge in [-0.05, 0) is 38.5 Å². The van der Waals surface area contributed by atoms with Crippen LogP contribution in [-0.4, -0.2) is 31.5 Å². The van der Waals surface area contributed by atoms with Gasteiger partial charge in [0.1, 0.15) is 0 Å². The van der Waals surface area contributed by atoms with Gasteiger partial charge >= 0.3 is 0 Å². The highest BCUT2D eigenvalue weighted by atomic mass is 16.5. The van der Waals surface area contributed by atoms with Gasteiger partial charge in [-0.1, -0.05) is 13.8 Å². The van der Waals surface area contributed by atoms with Crippen molar-refractivity contribution in [2.75, 3.05) is 13.7 Å². The molecule has 96 valence electrons. The molecule has 0 aromatic heterocycles. The van der Waals surface area contributed by atoms with Crippen LogP contribution in [0.2, 0.25) is 0 Å². The highest BCUT2D eigenvalue weighted by Gasteiger charge is 2.26. The summed E-state index contributed by atoms with van der Waals surface area (Å²) in [6.07, 6.45) is 7.25. The Balaban J connectivity index is 2.31. The number of nitrogens with two attached hydrogens (primary N) is 1. The van der Waals surface area contributed by atoms with Crippen LogP contribution in [0.4, 0.5) is 0 Å². The van der Waals surface area contributed by atoms with Crippen molar-refractivity contribution in [3.05, 3.63) is 0 Å². The van der Waals surface area contributed by atoms with Crippen molar-refractivity contribution in [2.24, 2.45) is 5.73 Å². The van der Waals surface area contributed by atoms with Crippen LogP contribution in [0, 0.1) is 0 Å². The lowest BCUT2D eigenvalue weighted by atomic mass is 9.93. The van der Waals surface area contributed by atoms with Crippen molar-refractivity contribution < 1.29 is 9.47 Å². The number of methoxy groups -OCH3 is 1. The predicted octanol–water partition coefficient (Wildman–Crippen LogP) is 2.48. The summed E-state index contributed by atoms with van der Waals surface area (Å²) in [5.74, 6) is 0. The SMILES string of the molecule is CCC(N)(CC)COC1CCCC(OC)C1. The van der Waals surface area contributed by atoms with Gasteiger partial charge in [-0.25, -0.2) is 0 Å². The van der Waals surface area contributed by atoms with Gasteiger partial charge in [0, 0.05) is 12.6 Å². The van der Waals surface area contributed by atoms with Gasteiger partial charge in [0.25, 0.3) is 0 Å². The van der Waals surface area contributed by atoms with Crippen LogP contribution in [0.25, 0.3) is 0 Å². The molecule has 1 fully saturated rings. The van der Waals surface area contributed by atoms with Gasteiger partial charge in [-0.2, -0.15) is 0 Å². The van der Waals surface area contributed by atoms with Crippen LogP contribution < -0.4 is 5.73 Å². The lowest BCUT2D eigenvalue weighted by molar-refractivity contribution is -0.0450. The Bertz CT molecular complexity index is 192. The number of rotatable bonds is 6. The Morgan fingerprint density at radius 3 is 2.38 bits per heavy atom. The molecular formula is C13H27NO2. The molecule has 1 aliphatic rings. The van der Waals surface area contributed by atoms with Crippen molar-refractivity contribution in [1.82, 2.24) is 0 Å². The third-order valence-electron chi connectivity index (χ3n) is 3.93. The average Bonchev–Trinajstić information content (AvgIpc) is 2.36. The van der Waals surface area contributed by atoms with Crippen molar-refractivity contribution >= 4 is 0 Å². The average molecular weight is 229 g/mol. The molecule has 1 aliphatic carbocycles. The van der Waals surface area contributed by atoms with Gasteiger partial charge in [0.2, 0.25) is 0 Å². The summed E-state index contributed by atoms with van der Waals surface area (Å²) in [5, 5.41) is 0. The molecule has 3 nitrogen and oxygen atoms in total. The molecule has 1 rings (SSSR count). The highest BCUT2D eigenvalue weighted by Crippen LogP contribution is 2.24. The van der Waals surface area contributed by atoms with Crippen molar-refractivity contribution in [3.63, 3.8) is 0 Å². The fraction of sp³-hybridized carbons (Fsp3) is 1.00. The maximum Gasteiger partial charge on any atom is 0.0649 e. The predicted molar refractivity (Wildman–Crippen MR) is 66.5 cm³/mol. The molecule has 3 heteroatoms. The molecule has 0 bridgehead atoms. The molecule has 0 aromatic rings. The summed E-state index contributed by atoms with van der Waals surface area (Å²) in [6, 6.07) is 0. The second-order valence-electron chi connectivity index (χ2n) is 5.03. The van der Waals surface area contributed by atoms with E-state index in [0.29, 0.717) is 18.8 Å². The van der Waals surface area contributed by atoms with E-state index < -0.39 is 0 Å². The van der Waals surface area contributed by atoms with E-state index in [9.17, 15) is 0 Å². The monoisotopic (exact) mass is 229 g/mol. The molecule has 1 saturated carbocycles. The van der Waals surface area contributed by atoms with Gasteiger partial charge in [-0.15, -0.1) is 0 Å². The summed E-state index contributed by atoms with van der Waals surface area (Å²) in [5.41, 5.74) is 6.09.